The molecule has 0 saturated heterocycles. The van der Waals surface area contributed by atoms with Crippen LogP contribution < -0.4 is 0 Å². The van der Waals surface area contributed by atoms with Crippen LogP contribution in [0.15, 0.2) is 34.7 Å². The van der Waals surface area contributed by atoms with Gasteiger partial charge in [0.15, 0.2) is 0 Å². The first kappa shape index (κ1) is 12.2. The Morgan fingerprint density at radius 2 is 1.94 bits per heavy atom. The Hall–Kier alpha value is -1.28. The van der Waals surface area contributed by atoms with Crippen LogP contribution in [0.5, 0.6) is 0 Å². The van der Waals surface area contributed by atoms with Gasteiger partial charge in [0.05, 0.1) is 0 Å². The highest BCUT2D eigenvalue weighted by molar-refractivity contribution is 5.77. The van der Waals surface area contributed by atoms with E-state index in [9.17, 15) is 0 Å². The lowest BCUT2D eigenvalue weighted by Gasteiger charge is -2.18. The van der Waals surface area contributed by atoms with Gasteiger partial charge in [0.1, 0.15) is 11.3 Å². The molecule has 1 aromatic heterocycles. The van der Waals surface area contributed by atoms with Crippen LogP contribution in [0, 0.1) is 0 Å². The fourth-order valence-corrected chi connectivity index (χ4v) is 2.17. The van der Waals surface area contributed by atoms with Gasteiger partial charge in [0.2, 0.25) is 0 Å². The largest absolute Gasteiger partial charge is 0.461 e. The number of para-hydroxylation sites is 1. The first-order chi connectivity index (χ1) is 8.33. The molecule has 2 rings (SSSR count). The van der Waals surface area contributed by atoms with E-state index in [0.29, 0.717) is 0 Å². The summed E-state index contributed by atoms with van der Waals surface area (Å²) in [5, 5.41) is 1.21. The van der Waals surface area contributed by atoms with Gasteiger partial charge in [0, 0.05) is 18.4 Å². The molecular formula is C15H21NO. The van der Waals surface area contributed by atoms with Gasteiger partial charge in [-0.25, -0.2) is 0 Å². The van der Waals surface area contributed by atoms with E-state index in [2.05, 4.69) is 36.9 Å². The number of fused-ring (bicyclic) bond motifs is 1. The van der Waals surface area contributed by atoms with Gasteiger partial charge in [-0.3, -0.25) is 0 Å². The first-order valence-corrected chi connectivity index (χ1v) is 6.53. The van der Waals surface area contributed by atoms with Crippen LogP contribution in [0.25, 0.3) is 11.0 Å². The highest BCUT2D eigenvalue weighted by Crippen LogP contribution is 2.19. The van der Waals surface area contributed by atoms with Crippen LogP contribution in [0.4, 0.5) is 0 Å². The Balaban J connectivity index is 1.98. The molecule has 0 unspecified atom stereocenters. The van der Waals surface area contributed by atoms with Crippen molar-refractivity contribution in [3.8, 4) is 0 Å². The van der Waals surface area contributed by atoms with E-state index < -0.39 is 0 Å². The molecule has 0 fully saturated rings. The lowest BCUT2D eigenvalue weighted by molar-refractivity contribution is 0.286. The Morgan fingerprint density at radius 3 is 2.65 bits per heavy atom. The summed E-state index contributed by atoms with van der Waals surface area (Å²) >= 11 is 0. The number of rotatable bonds is 6. The van der Waals surface area contributed by atoms with Crippen LogP contribution in [0.3, 0.4) is 0 Å². The van der Waals surface area contributed by atoms with Crippen molar-refractivity contribution in [3.63, 3.8) is 0 Å². The molecule has 0 spiro atoms. The van der Waals surface area contributed by atoms with Gasteiger partial charge in [0.25, 0.3) is 0 Å². The fourth-order valence-electron chi connectivity index (χ4n) is 2.17. The van der Waals surface area contributed by atoms with Crippen LogP contribution in [-0.2, 0) is 6.42 Å². The average Bonchev–Trinajstić information content (AvgIpc) is 2.77. The molecule has 92 valence electrons. The maximum Gasteiger partial charge on any atom is 0.134 e. The maximum absolute atomic E-state index is 5.81. The lowest BCUT2D eigenvalue weighted by atomic mass is 10.2. The van der Waals surface area contributed by atoms with E-state index in [1.807, 2.05) is 12.1 Å². The van der Waals surface area contributed by atoms with Crippen LogP contribution in [-0.4, -0.2) is 24.5 Å². The zero-order valence-corrected chi connectivity index (χ0v) is 10.8. The third kappa shape index (κ3) is 3.10. The molecule has 0 atom stereocenters. The first-order valence-electron chi connectivity index (χ1n) is 6.53. The van der Waals surface area contributed by atoms with Gasteiger partial charge >= 0.3 is 0 Å². The summed E-state index contributed by atoms with van der Waals surface area (Å²) in [7, 11) is 0. The topological polar surface area (TPSA) is 16.4 Å². The third-order valence-electron chi connectivity index (χ3n) is 3.14. The second kappa shape index (κ2) is 5.87. The summed E-state index contributed by atoms with van der Waals surface area (Å²) in [6, 6.07) is 10.4. The van der Waals surface area contributed by atoms with Crippen molar-refractivity contribution in [2.75, 3.05) is 19.6 Å². The maximum atomic E-state index is 5.81. The number of furan rings is 1. The summed E-state index contributed by atoms with van der Waals surface area (Å²) < 4.78 is 5.81. The van der Waals surface area contributed by atoms with Gasteiger partial charge in [-0.2, -0.15) is 0 Å². The van der Waals surface area contributed by atoms with Crippen LogP contribution in [0.2, 0.25) is 0 Å². The van der Waals surface area contributed by atoms with E-state index in [-0.39, 0.29) is 0 Å². The summed E-state index contributed by atoms with van der Waals surface area (Å²) in [4.78, 5) is 2.47. The molecule has 0 amide bonds. The van der Waals surface area contributed by atoms with E-state index in [1.165, 1.54) is 18.4 Å². The molecule has 0 saturated carbocycles. The highest BCUT2D eigenvalue weighted by atomic mass is 16.3. The molecule has 0 radical (unpaired) electrons. The van der Waals surface area contributed by atoms with Crippen molar-refractivity contribution < 1.29 is 4.42 Å². The molecule has 17 heavy (non-hydrogen) atoms. The fraction of sp³-hybridized carbons (Fsp3) is 0.467. The van der Waals surface area contributed by atoms with Gasteiger partial charge in [-0.05, 0) is 31.6 Å². The average molecular weight is 231 g/mol. The number of benzene rings is 1. The quantitative estimate of drug-likeness (QED) is 0.753. The molecule has 1 aromatic carbocycles. The van der Waals surface area contributed by atoms with Crippen LogP contribution >= 0.6 is 0 Å². The minimum atomic E-state index is 1.00. The van der Waals surface area contributed by atoms with E-state index in [0.717, 1.165) is 30.9 Å². The summed E-state index contributed by atoms with van der Waals surface area (Å²) in [5.41, 5.74) is 1.00. The Bertz CT molecular complexity index is 428. The molecule has 0 N–H and O–H groups in total. The number of likely N-dealkylation sites (N-methyl/N-ethyl adjacent to an activating group) is 1. The molecule has 2 aromatic rings. The zero-order chi connectivity index (χ0) is 12.1. The van der Waals surface area contributed by atoms with E-state index >= 15 is 0 Å². The second-order valence-electron chi connectivity index (χ2n) is 4.43. The van der Waals surface area contributed by atoms with Gasteiger partial charge < -0.3 is 9.32 Å². The Kier molecular flexibility index (Phi) is 4.21. The third-order valence-corrected chi connectivity index (χ3v) is 3.14. The molecule has 0 bridgehead atoms. The summed E-state index contributed by atoms with van der Waals surface area (Å²) in [6.07, 6.45) is 2.22. The Morgan fingerprint density at radius 1 is 1.12 bits per heavy atom. The SMILES string of the molecule is CCCN(CC)CCc1cc2ccccc2o1. The molecule has 2 heteroatoms. The normalized spacial score (nSPS) is 11.5. The smallest absolute Gasteiger partial charge is 0.134 e. The van der Waals surface area contributed by atoms with Crippen molar-refractivity contribution in [1.29, 1.82) is 0 Å². The molecule has 0 aliphatic carbocycles. The minimum absolute atomic E-state index is 1.00. The summed E-state index contributed by atoms with van der Waals surface area (Å²) in [5.74, 6) is 1.10. The van der Waals surface area contributed by atoms with E-state index in [1.54, 1.807) is 0 Å². The molecule has 1 heterocycles. The predicted octanol–water partition coefficient (Wildman–Crippen LogP) is 3.71. The molecule has 0 aliphatic rings. The van der Waals surface area contributed by atoms with E-state index in [4.69, 9.17) is 4.42 Å². The van der Waals surface area contributed by atoms with Crippen molar-refractivity contribution in [2.24, 2.45) is 0 Å². The monoisotopic (exact) mass is 231 g/mol. The van der Waals surface area contributed by atoms with Crippen LogP contribution in [0.1, 0.15) is 26.0 Å². The molecule has 2 nitrogen and oxygen atoms in total. The van der Waals surface area contributed by atoms with Gasteiger partial charge in [-0.1, -0.05) is 32.0 Å². The second-order valence-corrected chi connectivity index (χ2v) is 4.43. The molecular weight excluding hydrogens is 210 g/mol. The van der Waals surface area contributed by atoms with Crippen molar-refractivity contribution in [2.45, 2.75) is 26.7 Å². The zero-order valence-electron chi connectivity index (χ0n) is 10.8. The predicted molar refractivity (Wildman–Crippen MR) is 72.3 cm³/mol. The standard InChI is InChI=1S/C15H21NO/c1-3-10-16(4-2)11-9-14-12-13-7-5-6-8-15(13)17-14/h5-8,12H,3-4,9-11H2,1-2H3. The van der Waals surface area contributed by atoms with Gasteiger partial charge in [-0.15, -0.1) is 0 Å². The lowest BCUT2D eigenvalue weighted by Crippen LogP contribution is -2.26. The highest BCUT2D eigenvalue weighted by Gasteiger charge is 2.05. The van der Waals surface area contributed by atoms with Crippen molar-refractivity contribution >= 4 is 11.0 Å². The Labute approximate surface area is 103 Å². The van der Waals surface area contributed by atoms with Crippen molar-refractivity contribution in [1.82, 2.24) is 4.90 Å². The number of hydrogen-bond donors (Lipinski definition) is 0. The minimum Gasteiger partial charge on any atom is -0.461 e. The number of nitrogens with zero attached hydrogens (tertiary/aromatic N) is 1. The summed E-state index contributed by atoms with van der Waals surface area (Å²) in [6.45, 7) is 7.83. The number of hydrogen-bond acceptors (Lipinski definition) is 2. The van der Waals surface area contributed by atoms with Crippen molar-refractivity contribution in [3.05, 3.63) is 36.1 Å². The molecule has 0 aliphatic heterocycles.